The van der Waals surface area contributed by atoms with Crippen molar-refractivity contribution in [1.29, 1.82) is 5.26 Å². The zero-order chi connectivity index (χ0) is 20.7. The lowest BCUT2D eigenvalue weighted by Gasteiger charge is -2.23. The molecule has 0 unspecified atom stereocenters. The van der Waals surface area contributed by atoms with Crippen molar-refractivity contribution in [3.8, 4) is 11.8 Å². The quantitative estimate of drug-likeness (QED) is 0.662. The molecule has 0 radical (unpaired) electrons. The first-order chi connectivity index (χ1) is 13.2. The normalized spacial score (nSPS) is 11.0. The third-order valence-electron chi connectivity index (χ3n) is 3.55. The van der Waals surface area contributed by atoms with Crippen molar-refractivity contribution in [2.45, 2.75) is 19.8 Å². The number of hydrogen-bond acceptors (Lipinski definition) is 4. The number of anilines is 1. The summed E-state index contributed by atoms with van der Waals surface area (Å²) in [5, 5.41) is 9.39. The fourth-order valence-electron chi connectivity index (χ4n) is 2.36. The molecule has 0 saturated heterocycles. The second-order valence-corrected chi connectivity index (χ2v) is 6.06. The zero-order valence-electron chi connectivity index (χ0n) is 14.8. The first-order valence-corrected chi connectivity index (χ1v) is 8.53. The van der Waals surface area contributed by atoms with E-state index in [0.29, 0.717) is 17.9 Å². The van der Waals surface area contributed by atoms with Gasteiger partial charge in [-0.25, -0.2) is 0 Å². The standard InChI is InChI=1S/C19H16ClF3N2O3/c1-2-27-12-18(26)25(16-8-14(10-24)7-15(20)9-16)11-13-3-5-17(6-4-13)28-19(21,22)23/h3-9H,2,11-12H2,1H3. The summed E-state index contributed by atoms with van der Waals surface area (Å²) in [6, 6.07) is 11.6. The van der Waals surface area contributed by atoms with E-state index in [0.717, 1.165) is 12.1 Å². The third kappa shape index (κ3) is 6.44. The molecule has 0 spiro atoms. The van der Waals surface area contributed by atoms with Gasteiger partial charge in [0.2, 0.25) is 0 Å². The molecule has 2 aromatic rings. The average Bonchev–Trinajstić information content (AvgIpc) is 2.63. The molecule has 2 aromatic carbocycles. The van der Waals surface area contributed by atoms with Gasteiger partial charge in [-0.3, -0.25) is 4.79 Å². The lowest BCUT2D eigenvalue weighted by atomic mass is 10.1. The predicted octanol–water partition coefficient (Wildman–Crippen LogP) is 4.68. The molecule has 2 rings (SSSR count). The third-order valence-corrected chi connectivity index (χ3v) is 3.77. The van der Waals surface area contributed by atoms with E-state index < -0.39 is 6.36 Å². The largest absolute Gasteiger partial charge is 0.573 e. The first-order valence-electron chi connectivity index (χ1n) is 8.15. The smallest absolute Gasteiger partial charge is 0.406 e. The molecule has 0 fully saturated rings. The van der Waals surface area contributed by atoms with Crippen LogP contribution in [0.3, 0.4) is 0 Å². The molecule has 0 aliphatic heterocycles. The van der Waals surface area contributed by atoms with E-state index in [1.165, 1.54) is 35.2 Å². The molecule has 28 heavy (non-hydrogen) atoms. The lowest BCUT2D eigenvalue weighted by molar-refractivity contribution is -0.274. The number of carbonyl (C=O) groups excluding carboxylic acids is 1. The van der Waals surface area contributed by atoms with Crippen molar-refractivity contribution in [1.82, 2.24) is 0 Å². The Morgan fingerprint density at radius 1 is 1.21 bits per heavy atom. The Morgan fingerprint density at radius 2 is 1.89 bits per heavy atom. The number of carbonyl (C=O) groups is 1. The van der Waals surface area contributed by atoms with Crippen LogP contribution in [0.4, 0.5) is 18.9 Å². The number of nitriles is 1. The summed E-state index contributed by atoms with van der Waals surface area (Å²) in [5.41, 5.74) is 1.20. The number of rotatable bonds is 7. The molecule has 0 saturated carbocycles. The number of ether oxygens (including phenoxy) is 2. The van der Waals surface area contributed by atoms with E-state index in [2.05, 4.69) is 4.74 Å². The summed E-state index contributed by atoms with van der Waals surface area (Å²) in [7, 11) is 0. The van der Waals surface area contributed by atoms with Crippen molar-refractivity contribution >= 4 is 23.2 Å². The first kappa shape index (κ1) is 21.5. The van der Waals surface area contributed by atoms with Crippen molar-refractivity contribution < 1.29 is 27.4 Å². The summed E-state index contributed by atoms with van der Waals surface area (Å²) in [6.45, 7) is 1.93. The van der Waals surface area contributed by atoms with Crippen LogP contribution in [-0.2, 0) is 16.1 Å². The molecule has 0 aliphatic rings. The summed E-state index contributed by atoms with van der Waals surface area (Å²) in [5.74, 6) is -0.749. The molecule has 0 bridgehead atoms. The minimum absolute atomic E-state index is 0.0451. The molecule has 0 N–H and O–H groups in total. The van der Waals surface area contributed by atoms with Crippen molar-refractivity contribution in [3.05, 3.63) is 58.6 Å². The highest BCUT2D eigenvalue weighted by atomic mass is 35.5. The zero-order valence-corrected chi connectivity index (χ0v) is 15.5. The monoisotopic (exact) mass is 412 g/mol. The fourth-order valence-corrected chi connectivity index (χ4v) is 2.59. The molecular weight excluding hydrogens is 397 g/mol. The van der Waals surface area contributed by atoms with Crippen LogP contribution in [0.5, 0.6) is 5.75 Å². The predicted molar refractivity (Wildman–Crippen MR) is 97.0 cm³/mol. The Bertz CT molecular complexity index is 864. The van der Waals surface area contributed by atoms with Gasteiger partial charge in [0, 0.05) is 17.3 Å². The Morgan fingerprint density at radius 3 is 2.46 bits per heavy atom. The van der Waals surface area contributed by atoms with Crippen LogP contribution in [0, 0.1) is 11.3 Å². The number of alkyl halides is 3. The summed E-state index contributed by atoms with van der Waals surface area (Å²) in [4.78, 5) is 13.9. The Hall–Kier alpha value is -2.76. The average molecular weight is 413 g/mol. The Balaban J connectivity index is 2.29. The maximum absolute atomic E-state index is 12.6. The lowest BCUT2D eigenvalue weighted by Crippen LogP contribution is -2.33. The molecule has 0 heterocycles. The molecule has 0 atom stereocenters. The number of amides is 1. The summed E-state index contributed by atoms with van der Waals surface area (Å²) in [6.07, 6.45) is -4.78. The van der Waals surface area contributed by atoms with Crippen LogP contribution < -0.4 is 9.64 Å². The second-order valence-electron chi connectivity index (χ2n) is 5.62. The van der Waals surface area contributed by atoms with Crippen LogP contribution in [0.1, 0.15) is 18.1 Å². The minimum atomic E-state index is -4.78. The molecule has 148 valence electrons. The van der Waals surface area contributed by atoms with Gasteiger partial charge in [-0.2, -0.15) is 5.26 Å². The van der Waals surface area contributed by atoms with Crippen LogP contribution in [0.25, 0.3) is 0 Å². The maximum Gasteiger partial charge on any atom is 0.573 e. The highest BCUT2D eigenvalue weighted by Gasteiger charge is 2.31. The van der Waals surface area contributed by atoms with E-state index in [1.807, 2.05) is 6.07 Å². The Labute approximate surface area is 164 Å². The van der Waals surface area contributed by atoms with Gasteiger partial charge in [0.1, 0.15) is 12.4 Å². The molecule has 0 aromatic heterocycles. The molecule has 5 nitrogen and oxygen atoms in total. The van der Waals surface area contributed by atoms with E-state index in [-0.39, 0.29) is 35.4 Å². The van der Waals surface area contributed by atoms with E-state index in [4.69, 9.17) is 21.6 Å². The molecular formula is C19H16ClF3N2O3. The van der Waals surface area contributed by atoms with Crippen molar-refractivity contribution in [2.24, 2.45) is 0 Å². The summed E-state index contributed by atoms with van der Waals surface area (Å²) < 4.78 is 45.8. The Kier molecular flexibility index (Phi) is 7.26. The number of halogens is 4. The molecule has 9 heteroatoms. The number of benzene rings is 2. The van der Waals surface area contributed by atoms with Crippen molar-refractivity contribution in [2.75, 3.05) is 18.1 Å². The highest BCUT2D eigenvalue weighted by molar-refractivity contribution is 6.31. The van der Waals surface area contributed by atoms with Gasteiger partial charge < -0.3 is 14.4 Å². The topological polar surface area (TPSA) is 62.6 Å². The second kappa shape index (κ2) is 9.44. The SMILES string of the molecule is CCOCC(=O)N(Cc1ccc(OC(F)(F)F)cc1)c1cc(Cl)cc(C#N)c1. The van der Waals surface area contributed by atoms with Gasteiger partial charge in [-0.05, 0) is 42.8 Å². The minimum Gasteiger partial charge on any atom is -0.406 e. The van der Waals surface area contributed by atoms with Crippen molar-refractivity contribution in [3.63, 3.8) is 0 Å². The van der Waals surface area contributed by atoms with Gasteiger partial charge in [0.05, 0.1) is 18.2 Å². The van der Waals surface area contributed by atoms with Gasteiger partial charge in [-0.1, -0.05) is 23.7 Å². The van der Waals surface area contributed by atoms with Gasteiger partial charge in [0.25, 0.3) is 5.91 Å². The fraction of sp³-hybridized carbons (Fsp3) is 0.263. The summed E-state index contributed by atoms with van der Waals surface area (Å²) >= 11 is 6.02. The van der Waals surface area contributed by atoms with Crippen LogP contribution >= 0.6 is 11.6 Å². The number of nitrogens with zero attached hydrogens (tertiary/aromatic N) is 2. The van der Waals surface area contributed by atoms with Gasteiger partial charge in [-0.15, -0.1) is 13.2 Å². The van der Waals surface area contributed by atoms with Gasteiger partial charge >= 0.3 is 6.36 Å². The van der Waals surface area contributed by atoms with Crippen LogP contribution in [0.15, 0.2) is 42.5 Å². The maximum atomic E-state index is 12.6. The highest BCUT2D eigenvalue weighted by Crippen LogP contribution is 2.26. The van der Waals surface area contributed by atoms with Crippen LogP contribution in [-0.4, -0.2) is 25.5 Å². The van der Waals surface area contributed by atoms with Crippen LogP contribution in [0.2, 0.25) is 5.02 Å². The van der Waals surface area contributed by atoms with E-state index >= 15 is 0 Å². The number of hydrogen-bond donors (Lipinski definition) is 0. The molecule has 0 aliphatic carbocycles. The van der Waals surface area contributed by atoms with E-state index in [9.17, 15) is 18.0 Å². The van der Waals surface area contributed by atoms with Gasteiger partial charge in [0.15, 0.2) is 0 Å². The molecule has 1 amide bonds. The van der Waals surface area contributed by atoms with E-state index in [1.54, 1.807) is 6.92 Å².